The van der Waals surface area contributed by atoms with Gasteiger partial charge in [0, 0.05) is 47.7 Å². The lowest BCUT2D eigenvalue weighted by Gasteiger charge is -2.18. The van der Waals surface area contributed by atoms with Crippen molar-refractivity contribution in [3.8, 4) is 11.1 Å². The van der Waals surface area contributed by atoms with Crippen LogP contribution in [0.5, 0.6) is 0 Å². The van der Waals surface area contributed by atoms with Crippen LogP contribution in [0, 0.1) is 0 Å². The number of nitrogens with zero attached hydrogens (tertiary/aromatic N) is 3. The second kappa shape index (κ2) is 9.33. The molecule has 5 rings (SSSR count). The van der Waals surface area contributed by atoms with E-state index in [0.717, 1.165) is 51.9 Å². The first-order valence-electron chi connectivity index (χ1n) is 11.2. The third-order valence-corrected chi connectivity index (χ3v) is 5.90. The van der Waals surface area contributed by atoms with Crippen LogP contribution in [-0.4, -0.2) is 40.2 Å². The number of para-hydroxylation sites is 1. The summed E-state index contributed by atoms with van der Waals surface area (Å²) in [6, 6.07) is 21.9. The number of rotatable bonds is 6. The summed E-state index contributed by atoms with van der Waals surface area (Å²) in [5.74, 6) is 0.0270. The van der Waals surface area contributed by atoms with E-state index in [9.17, 15) is 9.90 Å². The molecule has 1 amide bonds. The van der Waals surface area contributed by atoms with E-state index in [1.165, 1.54) is 6.08 Å². The van der Waals surface area contributed by atoms with Gasteiger partial charge in [-0.2, -0.15) is 0 Å². The van der Waals surface area contributed by atoms with Gasteiger partial charge in [0.15, 0.2) is 0 Å². The first-order chi connectivity index (χ1) is 16.5. The molecule has 1 atom stereocenters. The molecule has 1 fully saturated rings. The molecule has 4 aromatic rings. The molecule has 7 heteroatoms. The van der Waals surface area contributed by atoms with Gasteiger partial charge in [0.2, 0.25) is 11.9 Å². The SMILES string of the molecule is NC(=O)C=Cc1cccc(-c2cccc3cnc(Nc4ccc(N5CCC(O)C5)cc4)nc23)c1. The van der Waals surface area contributed by atoms with Crippen LogP contribution in [0.15, 0.2) is 79.0 Å². The van der Waals surface area contributed by atoms with Crippen LogP contribution in [-0.2, 0) is 4.79 Å². The minimum atomic E-state index is -0.481. The van der Waals surface area contributed by atoms with Gasteiger partial charge < -0.3 is 21.1 Å². The summed E-state index contributed by atoms with van der Waals surface area (Å²) in [4.78, 5) is 22.6. The van der Waals surface area contributed by atoms with Crippen molar-refractivity contribution in [2.75, 3.05) is 23.3 Å². The highest BCUT2D eigenvalue weighted by Crippen LogP contribution is 2.29. The number of aliphatic hydroxyl groups excluding tert-OH is 1. The van der Waals surface area contributed by atoms with Crippen LogP contribution < -0.4 is 16.0 Å². The fraction of sp³-hybridized carbons (Fsp3) is 0.148. The van der Waals surface area contributed by atoms with Gasteiger partial charge >= 0.3 is 0 Å². The average molecular weight is 452 g/mol. The molecule has 0 bridgehead atoms. The number of benzene rings is 3. The first-order valence-corrected chi connectivity index (χ1v) is 11.2. The molecule has 0 spiro atoms. The van der Waals surface area contributed by atoms with Crippen molar-refractivity contribution in [2.45, 2.75) is 12.5 Å². The van der Waals surface area contributed by atoms with Gasteiger partial charge in [-0.1, -0.05) is 36.4 Å². The lowest BCUT2D eigenvalue weighted by Crippen LogP contribution is -2.20. The van der Waals surface area contributed by atoms with Crippen LogP contribution in [0.3, 0.4) is 0 Å². The molecule has 1 aliphatic rings. The number of hydrogen-bond acceptors (Lipinski definition) is 6. The summed E-state index contributed by atoms with van der Waals surface area (Å²) < 4.78 is 0. The molecule has 1 aromatic heterocycles. The van der Waals surface area contributed by atoms with Crippen molar-refractivity contribution in [3.63, 3.8) is 0 Å². The quantitative estimate of drug-likeness (QED) is 0.381. The van der Waals surface area contributed by atoms with Gasteiger partial charge in [-0.3, -0.25) is 4.79 Å². The highest BCUT2D eigenvalue weighted by Gasteiger charge is 2.20. The third-order valence-electron chi connectivity index (χ3n) is 5.90. The molecule has 0 aliphatic carbocycles. The zero-order chi connectivity index (χ0) is 23.5. The molecule has 170 valence electrons. The molecule has 1 unspecified atom stereocenters. The molecule has 7 nitrogen and oxygen atoms in total. The molecule has 4 N–H and O–H groups in total. The fourth-order valence-corrected chi connectivity index (χ4v) is 4.20. The maximum absolute atomic E-state index is 11.1. The number of carbonyl (C=O) groups excluding carboxylic acids is 1. The highest BCUT2D eigenvalue weighted by molar-refractivity contribution is 5.95. The van der Waals surface area contributed by atoms with E-state index in [-0.39, 0.29) is 6.10 Å². The van der Waals surface area contributed by atoms with E-state index >= 15 is 0 Å². The summed E-state index contributed by atoms with van der Waals surface area (Å²) in [6.07, 6.45) is 5.41. The van der Waals surface area contributed by atoms with Gasteiger partial charge in [-0.05, 0) is 54.0 Å². The number of hydrogen-bond donors (Lipinski definition) is 3. The van der Waals surface area contributed by atoms with Gasteiger partial charge in [-0.25, -0.2) is 9.97 Å². The Kier molecular flexibility index (Phi) is 5.93. The first kappa shape index (κ1) is 21.6. The van der Waals surface area contributed by atoms with Crippen LogP contribution in [0.25, 0.3) is 28.1 Å². The van der Waals surface area contributed by atoms with E-state index in [0.29, 0.717) is 12.5 Å². The third kappa shape index (κ3) is 4.74. The van der Waals surface area contributed by atoms with Crippen molar-refractivity contribution in [1.29, 1.82) is 0 Å². The Labute approximate surface area is 197 Å². The topological polar surface area (TPSA) is 104 Å². The Morgan fingerprint density at radius 1 is 1.12 bits per heavy atom. The Morgan fingerprint density at radius 3 is 2.71 bits per heavy atom. The summed E-state index contributed by atoms with van der Waals surface area (Å²) >= 11 is 0. The molecular formula is C27H25N5O2. The molecular weight excluding hydrogens is 426 g/mol. The van der Waals surface area contributed by atoms with Gasteiger partial charge in [0.1, 0.15) is 0 Å². The normalized spacial score (nSPS) is 15.8. The number of aromatic nitrogens is 2. The standard InChI is InChI=1S/C27H25N5O2/c28-25(34)12-7-18-3-1-4-19(15-18)24-6-2-5-20-16-29-27(31-26(20)24)30-21-8-10-22(11-9-21)32-14-13-23(33)17-32/h1-12,15-16,23,33H,13-14,17H2,(H2,28,34)(H,29,30,31). The fourth-order valence-electron chi connectivity index (χ4n) is 4.20. The molecule has 2 heterocycles. The van der Waals surface area contributed by atoms with Gasteiger partial charge in [0.05, 0.1) is 11.6 Å². The minimum absolute atomic E-state index is 0.252. The lowest BCUT2D eigenvalue weighted by molar-refractivity contribution is -0.113. The summed E-state index contributed by atoms with van der Waals surface area (Å²) in [7, 11) is 0. The average Bonchev–Trinajstić information content (AvgIpc) is 3.29. The second-order valence-electron chi connectivity index (χ2n) is 8.36. The Hall–Kier alpha value is -4.23. The van der Waals surface area contributed by atoms with Gasteiger partial charge in [-0.15, -0.1) is 0 Å². The molecule has 34 heavy (non-hydrogen) atoms. The van der Waals surface area contributed by atoms with Crippen LogP contribution in [0.1, 0.15) is 12.0 Å². The summed E-state index contributed by atoms with van der Waals surface area (Å²) in [5, 5.41) is 14.0. The highest BCUT2D eigenvalue weighted by atomic mass is 16.3. The number of aliphatic hydroxyl groups is 1. The molecule has 3 aromatic carbocycles. The van der Waals surface area contributed by atoms with E-state index in [2.05, 4.69) is 15.2 Å². The maximum Gasteiger partial charge on any atom is 0.241 e. The maximum atomic E-state index is 11.1. The number of primary amides is 1. The zero-order valence-electron chi connectivity index (χ0n) is 18.6. The van der Waals surface area contributed by atoms with E-state index < -0.39 is 5.91 Å². The van der Waals surface area contributed by atoms with Crippen molar-refractivity contribution in [3.05, 3.63) is 84.6 Å². The summed E-state index contributed by atoms with van der Waals surface area (Å²) in [6.45, 7) is 1.53. The monoisotopic (exact) mass is 451 g/mol. The predicted octanol–water partition coefficient (Wildman–Crippen LogP) is 4.11. The number of amides is 1. The largest absolute Gasteiger partial charge is 0.391 e. The number of nitrogens with one attached hydrogen (secondary N) is 1. The van der Waals surface area contributed by atoms with E-state index in [4.69, 9.17) is 10.7 Å². The number of carbonyl (C=O) groups is 1. The van der Waals surface area contributed by atoms with Crippen molar-refractivity contribution >= 4 is 40.2 Å². The van der Waals surface area contributed by atoms with Crippen molar-refractivity contribution in [1.82, 2.24) is 9.97 Å². The van der Waals surface area contributed by atoms with Crippen molar-refractivity contribution in [2.24, 2.45) is 5.73 Å². The van der Waals surface area contributed by atoms with Crippen molar-refractivity contribution < 1.29 is 9.90 Å². The molecule has 0 radical (unpaired) electrons. The number of β-amino-alcohol motifs (C(OH)–C–C–N with tert-alkyl or cyclic N) is 1. The Balaban J connectivity index is 1.42. The zero-order valence-corrected chi connectivity index (χ0v) is 18.6. The Morgan fingerprint density at radius 2 is 1.94 bits per heavy atom. The predicted molar refractivity (Wildman–Crippen MR) is 136 cm³/mol. The minimum Gasteiger partial charge on any atom is -0.391 e. The van der Waals surface area contributed by atoms with Gasteiger partial charge in [0.25, 0.3) is 0 Å². The number of fused-ring (bicyclic) bond motifs is 1. The van der Waals surface area contributed by atoms with Crippen LogP contribution >= 0.6 is 0 Å². The molecule has 0 saturated carbocycles. The Bertz CT molecular complexity index is 1370. The smallest absolute Gasteiger partial charge is 0.241 e. The molecule has 1 aliphatic heterocycles. The molecule has 1 saturated heterocycles. The number of anilines is 3. The van der Waals surface area contributed by atoms with Crippen LogP contribution in [0.2, 0.25) is 0 Å². The van der Waals surface area contributed by atoms with E-state index in [1.54, 1.807) is 6.08 Å². The second-order valence-corrected chi connectivity index (χ2v) is 8.36. The van der Waals surface area contributed by atoms with E-state index in [1.807, 2.05) is 72.9 Å². The van der Waals surface area contributed by atoms with Crippen LogP contribution in [0.4, 0.5) is 17.3 Å². The number of nitrogens with two attached hydrogens (primary N) is 1. The lowest BCUT2D eigenvalue weighted by atomic mass is 10.0. The summed E-state index contributed by atoms with van der Waals surface area (Å²) in [5.41, 5.74) is 10.9.